The number of imidazole rings is 1. The van der Waals surface area contributed by atoms with Gasteiger partial charge in [0.1, 0.15) is 5.82 Å². The molecule has 1 radical (unpaired) electrons. The number of piperidine rings is 1. The van der Waals surface area contributed by atoms with Gasteiger partial charge in [-0.2, -0.15) is 12.1 Å². The zero-order valence-corrected chi connectivity index (χ0v) is 18.2. The molecule has 4 nitrogen and oxygen atoms in total. The molecule has 1 saturated heterocycles. The van der Waals surface area contributed by atoms with Crippen LogP contribution in [0.5, 0.6) is 0 Å². The summed E-state index contributed by atoms with van der Waals surface area (Å²) < 4.78 is 0. The summed E-state index contributed by atoms with van der Waals surface area (Å²) in [6.07, 6.45) is 4.40. The summed E-state index contributed by atoms with van der Waals surface area (Å²) in [5.41, 5.74) is 1.98. The molecule has 2 bridgehead atoms. The minimum absolute atomic E-state index is 0. The predicted molar refractivity (Wildman–Crippen MR) is 94.3 cm³/mol. The van der Waals surface area contributed by atoms with Gasteiger partial charge in [-0.3, -0.25) is 9.78 Å². The maximum absolute atomic E-state index is 13.3. The number of H-pyrrole nitrogens is 1. The smallest absolute Gasteiger partial charge is 0.226 e. The molecule has 4 atom stereocenters. The molecule has 2 aliphatic rings. The molecule has 131 valence electrons. The van der Waals surface area contributed by atoms with Crippen LogP contribution in [0.4, 0.5) is 0 Å². The molecule has 25 heavy (non-hydrogen) atoms. The first-order chi connectivity index (χ1) is 11.6. The summed E-state index contributed by atoms with van der Waals surface area (Å²) in [5, 5.41) is 0. The first-order valence-corrected chi connectivity index (χ1v) is 9.28. The van der Waals surface area contributed by atoms with Crippen LogP contribution < -0.4 is 0 Å². The molecule has 5 heteroatoms. The van der Waals surface area contributed by atoms with E-state index in [0.29, 0.717) is 23.8 Å². The number of rotatable bonds is 4. The standard InChI is InChI=1S/C20H26N3O.Y/c1-4-15(12(2)3)20(24)23-14-10-9-13(11-14)18(23)19-21-16-7-5-6-8-17(16)22-19;/h5,7-8,12-15,18H,4,9-11H2,1-3H3,(H,21,22);/q-1;/t13-,14+,15-,18-;/m0./s1. The minimum atomic E-state index is 0. The molecule has 1 saturated carbocycles. The van der Waals surface area contributed by atoms with Crippen molar-refractivity contribution in [2.24, 2.45) is 17.8 Å². The molecule has 1 aliphatic carbocycles. The van der Waals surface area contributed by atoms with E-state index in [2.05, 4.69) is 36.7 Å². The van der Waals surface area contributed by atoms with Crippen LogP contribution in [0.2, 0.25) is 0 Å². The second kappa shape index (κ2) is 7.48. The Balaban J connectivity index is 0.00000182. The Labute approximate surface area is 175 Å². The fourth-order valence-corrected chi connectivity index (χ4v) is 4.84. The number of benzene rings is 1. The van der Waals surface area contributed by atoms with Crippen molar-refractivity contribution in [1.82, 2.24) is 14.9 Å². The van der Waals surface area contributed by atoms with Crippen LogP contribution in [0, 0.1) is 23.8 Å². The average molecular weight is 413 g/mol. The van der Waals surface area contributed by atoms with Crippen LogP contribution in [-0.4, -0.2) is 26.8 Å². The SMILES string of the molecule is CC[C@H](C(=O)N1[C@@H]2CC[C@@H](C2)[C@H]1c1nc2c[c-]ccc2[nH]1)C(C)C.[Y]. The van der Waals surface area contributed by atoms with E-state index in [1.165, 1.54) is 6.42 Å². The zero-order chi connectivity index (χ0) is 16.8. The van der Waals surface area contributed by atoms with Crippen LogP contribution in [0.1, 0.15) is 58.3 Å². The van der Waals surface area contributed by atoms with Gasteiger partial charge in [-0.25, -0.2) is 0 Å². The van der Waals surface area contributed by atoms with Gasteiger partial charge >= 0.3 is 0 Å². The van der Waals surface area contributed by atoms with E-state index in [1.807, 2.05) is 18.2 Å². The van der Waals surface area contributed by atoms with E-state index in [4.69, 9.17) is 4.98 Å². The van der Waals surface area contributed by atoms with Crippen LogP contribution in [0.25, 0.3) is 11.0 Å². The Hall–Kier alpha value is -0.736. The predicted octanol–water partition coefficient (Wildman–Crippen LogP) is 4.09. The molecule has 4 rings (SSSR count). The Kier molecular flexibility index (Phi) is 5.70. The van der Waals surface area contributed by atoms with Crippen molar-refractivity contribution < 1.29 is 37.5 Å². The summed E-state index contributed by atoms with van der Waals surface area (Å²) in [6.45, 7) is 6.45. The molecule has 2 heterocycles. The number of fused-ring (bicyclic) bond motifs is 3. The number of aromatic amines is 1. The number of carbonyl (C=O) groups excluding carboxylic acids is 1. The Morgan fingerprint density at radius 2 is 2.24 bits per heavy atom. The van der Waals surface area contributed by atoms with E-state index in [-0.39, 0.29) is 44.7 Å². The van der Waals surface area contributed by atoms with Gasteiger partial charge in [-0.1, -0.05) is 20.8 Å². The van der Waals surface area contributed by atoms with Crippen molar-refractivity contribution in [3.05, 3.63) is 30.1 Å². The summed E-state index contributed by atoms with van der Waals surface area (Å²) in [7, 11) is 0. The minimum Gasteiger partial charge on any atom is -0.364 e. The average Bonchev–Trinajstić information content (AvgIpc) is 3.27. The number of hydrogen-bond donors (Lipinski definition) is 1. The van der Waals surface area contributed by atoms with Gasteiger partial charge < -0.3 is 9.88 Å². The second-order valence-electron chi connectivity index (χ2n) is 7.74. The van der Waals surface area contributed by atoms with Gasteiger partial charge in [0.05, 0.1) is 6.04 Å². The summed E-state index contributed by atoms with van der Waals surface area (Å²) >= 11 is 0. The Morgan fingerprint density at radius 3 is 2.92 bits per heavy atom. The maximum Gasteiger partial charge on any atom is 0.226 e. The number of carbonyl (C=O) groups is 1. The van der Waals surface area contributed by atoms with Gasteiger partial charge in [0, 0.05) is 44.7 Å². The van der Waals surface area contributed by atoms with E-state index >= 15 is 0 Å². The van der Waals surface area contributed by atoms with Crippen molar-refractivity contribution in [1.29, 1.82) is 0 Å². The molecule has 1 N–H and O–H groups in total. The normalized spacial score (nSPS) is 26.2. The van der Waals surface area contributed by atoms with Crippen LogP contribution in [0.3, 0.4) is 0 Å². The van der Waals surface area contributed by atoms with Crippen LogP contribution in [-0.2, 0) is 37.5 Å². The largest absolute Gasteiger partial charge is 0.364 e. The molecular formula is C20H26N3OY-. The molecule has 2 aromatic rings. The summed E-state index contributed by atoms with van der Waals surface area (Å²) in [5.74, 6) is 2.34. The van der Waals surface area contributed by atoms with Crippen LogP contribution in [0.15, 0.2) is 18.2 Å². The van der Waals surface area contributed by atoms with E-state index in [1.54, 1.807) is 0 Å². The number of likely N-dealkylation sites (tertiary alicyclic amines) is 1. The molecule has 2 fully saturated rings. The topological polar surface area (TPSA) is 49.0 Å². The fraction of sp³-hybridized carbons (Fsp3) is 0.600. The summed E-state index contributed by atoms with van der Waals surface area (Å²) in [4.78, 5) is 23.7. The first kappa shape index (κ1) is 19.0. The Bertz CT molecular complexity index is 723. The maximum atomic E-state index is 13.3. The second-order valence-corrected chi connectivity index (χ2v) is 7.74. The fourth-order valence-electron chi connectivity index (χ4n) is 4.84. The van der Waals surface area contributed by atoms with Crippen molar-refractivity contribution in [2.75, 3.05) is 0 Å². The molecule has 1 aromatic carbocycles. The number of nitrogens with one attached hydrogen (secondary N) is 1. The zero-order valence-electron chi connectivity index (χ0n) is 15.3. The number of hydrogen-bond acceptors (Lipinski definition) is 2. The van der Waals surface area contributed by atoms with Crippen LogP contribution >= 0.6 is 0 Å². The molecular weight excluding hydrogens is 387 g/mol. The third kappa shape index (κ3) is 3.21. The van der Waals surface area contributed by atoms with Crippen molar-refractivity contribution in [3.63, 3.8) is 0 Å². The summed E-state index contributed by atoms with van der Waals surface area (Å²) in [6, 6.07) is 9.44. The van der Waals surface area contributed by atoms with E-state index in [9.17, 15) is 4.79 Å². The third-order valence-corrected chi connectivity index (χ3v) is 6.03. The van der Waals surface area contributed by atoms with Crippen molar-refractivity contribution in [3.8, 4) is 0 Å². The van der Waals surface area contributed by atoms with Gasteiger partial charge in [0.2, 0.25) is 5.91 Å². The molecule has 0 unspecified atom stereocenters. The van der Waals surface area contributed by atoms with Gasteiger partial charge in [-0.15, -0.1) is 12.1 Å². The molecule has 1 aliphatic heterocycles. The quantitative estimate of drug-likeness (QED) is 0.768. The number of aromatic nitrogens is 2. The first-order valence-electron chi connectivity index (χ1n) is 9.28. The molecule has 0 spiro atoms. The third-order valence-electron chi connectivity index (χ3n) is 6.03. The monoisotopic (exact) mass is 413 g/mol. The molecule has 1 aromatic heterocycles. The van der Waals surface area contributed by atoms with Gasteiger partial charge in [0.15, 0.2) is 0 Å². The van der Waals surface area contributed by atoms with Crippen molar-refractivity contribution >= 4 is 16.9 Å². The van der Waals surface area contributed by atoms with E-state index in [0.717, 1.165) is 36.1 Å². The molecule has 1 amide bonds. The number of amides is 1. The number of nitrogens with zero attached hydrogens (tertiary/aromatic N) is 2. The Morgan fingerprint density at radius 1 is 1.44 bits per heavy atom. The van der Waals surface area contributed by atoms with Gasteiger partial charge in [-0.05, 0) is 48.6 Å². The van der Waals surface area contributed by atoms with Gasteiger partial charge in [0.25, 0.3) is 0 Å². The van der Waals surface area contributed by atoms with Crippen molar-refractivity contribution in [2.45, 2.75) is 58.5 Å². The van der Waals surface area contributed by atoms with E-state index < -0.39 is 0 Å².